The zero-order valence-corrected chi connectivity index (χ0v) is 14.8. The van der Waals surface area contributed by atoms with E-state index in [-0.39, 0.29) is 18.0 Å². The Hall–Kier alpha value is -1.95. The molecule has 8 heteroatoms. The van der Waals surface area contributed by atoms with Gasteiger partial charge in [-0.15, -0.1) is 0 Å². The van der Waals surface area contributed by atoms with Crippen molar-refractivity contribution in [3.8, 4) is 0 Å². The van der Waals surface area contributed by atoms with E-state index in [2.05, 4.69) is 15.4 Å². The number of amides is 1. The SMILES string of the molecule is COC(=O)c1ccc(Cl)c(NC(=O)CNc2cc(Cl)cc(Cl)c2)c1. The van der Waals surface area contributed by atoms with Gasteiger partial charge in [0.1, 0.15) is 0 Å². The highest BCUT2D eigenvalue weighted by Crippen LogP contribution is 2.24. The van der Waals surface area contributed by atoms with Gasteiger partial charge in [-0.1, -0.05) is 34.8 Å². The number of anilines is 2. The zero-order chi connectivity index (χ0) is 17.7. The van der Waals surface area contributed by atoms with Crippen molar-refractivity contribution >= 4 is 58.1 Å². The first-order valence-electron chi connectivity index (χ1n) is 6.76. The number of benzene rings is 2. The molecule has 0 bridgehead atoms. The highest BCUT2D eigenvalue weighted by Gasteiger charge is 2.11. The van der Waals surface area contributed by atoms with E-state index in [1.54, 1.807) is 18.2 Å². The fourth-order valence-electron chi connectivity index (χ4n) is 1.90. The smallest absolute Gasteiger partial charge is 0.337 e. The van der Waals surface area contributed by atoms with Crippen LogP contribution in [0.4, 0.5) is 11.4 Å². The van der Waals surface area contributed by atoms with Crippen LogP contribution in [0.25, 0.3) is 0 Å². The lowest BCUT2D eigenvalue weighted by Gasteiger charge is -2.10. The van der Waals surface area contributed by atoms with Gasteiger partial charge in [-0.3, -0.25) is 4.79 Å². The molecule has 0 saturated heterocycles. The van der Waals surface area contributed by atoms with E-state index in [9.17, 15) is 9.59 Å². The van der Waals surface area contributed by atoms with Crippen LogP contribution in [0.15, 0.2) is 36.4 Å². The molecule has 0 aromatic heterocycles. The summed E-state index contributed by atoms with van der Waals surface area (Å²) in [7, 11) is 1.27. The minimum absolute atomic E-state index is 0.0323. The van der Waals surface area contributed by atoms with E-state index < -0.39 is 5.97 Å². The molecule has 0 aliphatic rings. The lowest BCUT2D eigenvalue weighted by Crippen LogP contribution is -2.22. The number of hydrogen-bond donors (Lipinski definition) is 2. The lowest BCUT2D eigenvalue weighted by atomic mass is 10.2. The summed E-state index contributed by atoms with van der Waals surface area (Å²) in [5, 5.41) is 6.74. The quantitative estimate of drug-likeness (QED) is 0.742. The highest BCUT2D eigenvalue weighted by molar-refractivity contribution is 6.35. The van der Waals surface area contributed by atoms with E-state index >= 15 is 0 Å². The van der Waals surface area contributed by atoms with Crippen LogP contribution < -0.4 is 10.6 Å². The second kappa shape index (κ2) is 8.24. The molecule has 2 aromatic rings. The molecule has 24 heavy (non-hydrogen) atoms. The van der Waals surface area contributed by atoms with Gasteiger partial charge in [0.05, 0.1) is 29.9 Å². The van der Waals surface area contributed by atoms with Crippen LogP contribution in [0.3, 0.4) is 0 Å². The number of halogens is 3. The molecule has 1 amide bonds. The van der Waals surface area contributed by atoms with Crippen LogP contribution in [0, 0.1) is 0 Å². The van der Waals surface area contributed by atoms with E-state index in [4.69, 9.17) is 34.8 Å². The summed E-state index contributed by atoms with van der Waals surface area (Å²) < 4.78 is 4.63. The van der Waals surface area contributed by atoms with Gasteiger partial charge in [0.25, 0.3) is 0 Å². The van der Waals surface area contributed by atoms with Gasteiger partial charge < -0.3 is 15.4 Å². The van der Waals surface area contributed by atoms with Crippen molar-refractivity contribution in [2.24, 2.45) is 0 Å². The maximum Gasteiger partial charge on any atom is 0.337 e. The van der Waals surface area contributed by atoms with Gasteiger partial charge in [0.2, 0.25) is 5.91 Å². The predicted molar refractivity (Wildman–Crippen MR) is 96.4 cm³/mol. The second-order valence-electron chi connectivity index (χ2n) is 4.75. The van der Waals surface area contributed by atoms with Crippen molar-refractivity contribution in [3.63, 3.8) is 0 Å². The van der Waals surface area contributed by atoms with Gasteiger partial charge in [-0.05, 0) is 36.4 Å². The predicted octanol–water partition coefficient (Wildman–Crippen LogP) is 4.48. The van der Waals surface area contributed by atoms with Crippen LogP contribution in [0.1, 0.15) is 10.4 Å². The average Bonchev–Trinajstić information content (AvgIpc) is 2.53. The summed E-state index contributed by atoms with van der Waals surface area (Å²) in [6.07, 6.45) is 0. The summed E-state index contributed by atoms with van der Waals surface area (Å²) >= 11 is 17.8. The molecule has 0 saturated carbocycles. The van der Waals surface area contributed by atoms with Crippen molar-refractivity contribution in [2.45, 2.75) is 0 Å². The van der Waals surface area contributed by atoms with Gasteiger partial charge in [0, 0.05) is 15.7 Å². The van der Waals surface area contributed by atoms with Crippen LogP contribution in [-0.4, -0.2) is 25.5 Å². The minimum atomic E-state index is -0.520. The van der Waals surface area contributed by atoms with E-state index in [0.717, 1.165) is 0 Å². The van der Waals surface area contributed by atoms with Crippen molar-refractivity contribution in [1.82, 2.24) is 0 Å². The van der Waals surface area contributed by atoms with Gasteiger partial charge >= 0.3 is 5.97 Å². The maximum atomic E-state index is 12.0. The van der Waals surface area contributed by atoms with Crippen LogP contribution in [-0.2, 0) is 9.53 Å². The molecule has 2 rings (SSSR count). The molecule has 0 aliphatic heterocycles. The Kier molecular flexibility index (Phi) is 6.31. The van der Waals surface area contributed by atoms with Crippen LogP contribution in [0.5, 0.6) is 0 Å². The summed E-state index contributed by atoms with van der Waals surface area (Å²) in [6.45, 7) is -0.0323. The zero-order valence-electron chi connectivity index (χ0n) is 12.5. The van der Waals surface area contributed by atoms with E-state index in [1.165, 1.54) is 25.3 Å². The number of carbonyl (C=O) groups excluding carboxylic acids is 2. The standard InChI is InChI=1S/C16H13Cl3N2O3/c1-24-16(23)9-2-3-13(19)14(4-9)21-15(22)8-20-12-6-10(17)5-11(18)7-12/h2-7,20H,8H2,1H3,(H,21,22). The Labute approximate surface area is 153 Å². The molecule has 0 aliphatic carbocycles. The third-order valence-electron chi connectivity index (χ3n) is 2.98. The Morgan fingerprint density at radius 2 is 1.71 bits per heavy atom. The molecule has 2 N–H and O–H groups in total. The fraction of sp³-hybridized carbons (Fsp3) is 0.125. The van der Waals surface area contributed by atoms with E-state index in [0.29, 0.717) is 26.4 Å². The fourth-order valence-corrected chi connectivity index (χ4v) is 2.59. The topological polar surface area (TPSA) is 67.4 Å². The number of hydrogen-bond acceptors (Lipinski definition) is 4. The molecule has 0 fully saturated rings. The van der Waals surface area contributed by atoms with Gasteiger partial charge in [-0.2, -0.15) is 0 Å². The average molecular weight is 388 g/mol. The number of carbonyl (C=O) groups is 2. The molecule has 0 atom stereocenters. The lowest BCUT2D eigenvalue weighted by molar-refractivity contribution is -0.114. The van der Waals surface area contributed by atoms with Gasteiger partial charge in [-0.25, -0.2) is 4.79 Å². The first-order chi connectivity index (χ1) is 11.4. The summed E-state index contributed by atoms with van der Waals surface area (Å²) in [4.78, 5) is 23.6. The molecule has 0 heterocycles. The van der Waals surface area contributed by atoms with Crippen molar-refractivity contribution in [3.05, 3.63) is 57.0 Å². The molecule has 126 valence electrons. The summed E-state index contributed by atoms with van der Waals surface area (Å²) in [6, 6.07) is 9.34. The number of nitrogens with one attached hydrogen (secondary N) is 2. The minimum Gasteiger partial charge on any atom is -0.465 e. The Morgan fingerprint density at radius 3 is 2.33 bits per heavy atom. The number of ether oxygens (including phenoxy) is 1. The summed E-state index contributed by atoms with van der Waals surface area (Å²) in [5.41, 5.74) is 1.21. The first-order valence-corrected chi connectivity index (χ1v) is 7.90. The summed E-state index contributed by atoms with van der Waals surface area (Å²) in [5.74, 6) is -0.871. The molecule has 0 spiro atoms. The van der Waals surface area contributed by atoms with Crippen LogP contribution in [0.2, 0.25) is 15.1 Å². The monoisotopic (exact) mass is 386 g/mol. The van der Waals surface area contributed by atoms with Crippen molar-refractivity contribution in [2.75, 3.05) is 24.3 Å². The van der Waals surface area contributed by atoms with Crippen LogP contribution >= 0.6 is 34.8 Å². The Balaban J connectivity index is 2.03. The number of esters is 1. The Morgan fingerprint density at radius 1 is 1.04 bits per heavy atom. The largest absolute Gasteiger partial charge is 0.465 e. The molecule has 5 nitrogen and oxygen atoms in total. The Bertz CT molecular complexity index is 761. The van der Waals surface area contributed by atoms with Crippen molar-refractivity contribution in [1.29, 1.82) is 0 Å². The second-order valence-corrected chi connectivity index (χ2v) is 6.03. The highest BCUT2D eigenvalue weighted by atomic mass is 35.5. The van der Waals surface area contributed by atoms with E-state index in [1.807, 2.05) is 0 Å². The normalized spacial score (nSPS) is 10.2. The molecule has 2 aromatic carbocycles. The van der Waals surface area contributed by atoms with Crippen molar-refractivity contribution < 1.29 is 14.3 Å². The van der Waals surface area contributed by atoms with Gasteiger partial charge in [0.15, 0.2) is 0 Å². The third-order valence-corrected chi connectivity index (χ3v) is 3.74. The number of rotatable bonds is 5. The molecule has 0 unspecified atom stereocenters. The molecule has 0 radical (unpaired) electrons. The maximum absolute atomic E-state index is 12.0. The third kappa shape index (κ3) is 5.03. The molecular weight excluding hydrogens is 375 g/mol. The first kappa shape index (κ1) is 18.4. The number of methoxy groups -OCH3 is 1. The molecular formula is C16H13Cl3N2O3.